The molecule has 0 radical (unpaired) electrons. The minimum absolute atomic E-state index is 0.511. The van der Waals surface area contributed by atoms with E-state index in [0.717, 1.165) is 35.4 Å². The Morgan fingerprint density at radius 3 is 2.29 bits per heavy atom. The van der Waals surface area contributed by atoms with Crippen molar-refractivity contribution in [1.82, 2.24) is 9.97 Å². The molecule has 0 fully saturated rings. The van der Waals surface area contributed by atoms with Crippen LogP contribution in [0.4, 0.5) is 11.6 Å². The second kappa shape index (κ2) is 9.22. The second-order valence-corrected chi connectivity index (χ2v) is 7.43. The molecule has 144 valence electrons. The topological polar surface area (TPSA) is 37.8 Å². The second-order valence-electron chi connectivity index (χ2n) is 6.55. The molecule has 0 saturated heterocycles. The van der Waals surface area contributed by atoms with Crippen molar-refractivity contribution in [3.63, 3.8) is 0 Å². The Morgan fingerprint density at radius 2 is 1.71 bits per heavy atom. The number of anilines is 2. The normalized spacial score (nSPS) is 11.5. The predicted molar refractivity (Wildman–Crippen MR) is 120 cm³/mol. The summed E-state index contributed by atoms with van der Waals surface area (Å²) in [6.45, 7) is 6.29. The number of benzene rings is 2. The van der Waals surface area contributed by atoms with E-state index in [9.17, 15) is 0 Å². The Bertz CT molecular complexity index is 975. The highest BCUT2D eigenvalue weighted by atomic mass is 35.5. The molecule has 1 N–H and O–H groups in total. The van der Waals surface area contributed by atoms with Crippen molar-refractivity contribution in [2.75, 3.05) is 5.32 Å². The lowest BCUT2D eigenvalue weighted by Crippen LogP contribution is -2.02. The van der Waals surface area contributed by atoms with E-state index in [1.165, 1.54) is 11.1 Å². The lowest BCUT2D eigenvalue weighted by atomic mass is 9.96. The molecule has 3 nitrogen and oxygen atoms in total. The van der Waals surface area contributed by atoms with E-state index in [2.05, 4.69) is 59.5 Å². The van der Waals surface area contributed by atoms with Crippen molar-refractivity contribution < 1.29 is 0 Å². The molecule has 0 aliphatic carbocycles. The number of aromatic nitrogens is 2. The zero-order chi connectivity index (χ0) is 20.1. The maximum atomic E-state index is 6.07. The molecule has 0 atom stereocenters. The standard InChI is InChI=1S/C23H23Cl2N3/c1-4-6-21(17-9-7-16(5-2)8-10-17)22-14-26-23(27-15(22)3)28-20-12-18(24)11-19(25)13-20/h6-14H,4-5H2,1-3H3,(H,26,27,28)/b21-6-. The Hall–Kier alpha value is -2.36. The maximum absolute atomic E-state index is 6.07. The number of hydrogen-bond acceptors (Lipinski definition) is 3. The van der Waals surface area contributed by atoms with Crippen LogP contribution in [0.2, 0.25) is 10.0 Å². The largest absolute Gasteiger partial charge is 0.324 e. The molecule has 1 aromatic heterocycles. The zero-order valence-electron chi connectivity index (χ0n) is 16.3. The van der Waals surface area contributed by atoms with Crippen LogP contribution in [0.5, 0.6) is 0 Å². The van der Waals surface area contributed by atoms with Gasteiger partial charge in [-0.2, -0.15) is 0 Å². The first-order chi connectivity index (χ1) is 13.5. The van der Waals surface area contributed by atoms with Crippen molar-refractivity contribution in [2.24, 2.45) is 0 Å². The van der Waals surface area contributed by atoms with Crippen LogP contribution in [0.3, 0.4) is 0 Å². The number of nitrogens with zero attached hydrogens (tertiary/aromatic N) is 2. The summed E-state index contributed by atoms with van der Waals surface area (Å²) in [6.07, 6.45) is 6.05. The molecule has 0 spiro atoms. The summed E-state index contributed by atoms with van der Waals surface area (Å²) in [4.78, 5) is 9.15. The molecule has 0 amide bonds. The van der Waals surface area contributed by atoms with Crippen LogP contribution in [0.15, 0.2) is 54.7 Å². The Labute approximate surface area is 176 Å². The van der Waals surface area contributed by atoms with Gasteiger partial charge in [-0.25, -0.2) is 9.97 Å². The first-order valence-electron chi connectivity index (χ1n) is 9.36. The van der Waals surface area contributed by atoms with Gasteiger partial charge in [0.2, 0.25) is 5.95 Å². The molecule has 0 aliphatic heterocycles. The van der Waals surface area contributed by atoms with Gasteiger partial charge in [0, 0.05) is 27.5 Å². The van der Waals surface area contributed by atoms with Gasteiger partial charge >= 0.3 is 0 Å². The van der Waals surface area contributed by atoms with Gasteiger partial charge in [-0.1, -0.05) is 67.4 Å². The van der Waals surface area contributed by atoms with E-state index in [0.29, 0.717) is 16.0 Å². The monoisotopic (exact) mass is 411 g/mol. The molecular weight excluding hydrogens is 389 g/mol. The Balaban J connectivity index is 1.91. The molecule has 5 heteroatoms. The molecule has 3 rings (SSSR count). The minimum atomic E-state index is 0.511. The van der Waals surface area contributed by atoms with E-state index in [4.69, 9.17) is 23.2 Å². The number of hydrogen-bond donors (Lipinski definition) is 1. The Morgan fingerprint density at radius 1 is 1.04 bits per heavy atom. The summed E-state index contributed by atoms with van der Waals surface area (Å²) >= 11 is 12.1. The predicted octanol–water partition coefficient (Wildman–Crippen LogP) is 7.24. The van der Waals surface area contributed by atoms with Crippen molar-refractivity contribution >= 4 is 40.4 Å². The molecule has 0 unspecified atom stereocenters. The Kier molecular flexibility index (Phi) is 6.71. The van der Waals surface area contributed by atoms with Gasteiger partial charge < -0.3 is 5.32 Å². The van der Waals surface area contributed by atoms with Gasteiger partial charge in [-0.3, -0.25) is 0 Å². The number of halogens is 2. The average molecular weight is 412 g/mol. The van der Waals surface area contributed by atoms with E-state index in [-0.39, 0.29) is 0 Å². The highest BCUT2D eigenvalue weighted by Crippen LogP contribution is 2.28. The van der Waals surface area contributed by atoms with Crippen molar-refractivity contribution in [3.8, 4) is 0 Å². The van der Waals surface area contributed by atoms with Gasteiger partial charge in [0.1, 0.15) is 0 Å². The third-order valence-corrected chi connectivity index (χ3v) is 4.91. The smallest absolute Gasteiger partial charge is 0.227 e. The summed E-state index contributed by atoms with van der Waals surface area (Å²) < 4.78 is 0. The van der Waals surface area contributed by atoms with Crippen LogP contribution in [-0.4, -0.2) is 9.97 Å². The molecule has 1 heterocycles. The van der Waals surface area contributed by atoms with Gasteiger partial charge in [0.15, 0.2) is 0 Å². The van der Waals surface area contributed by atoms with Gasteiger partial charge in [0.25, 0.3) is 0 Å². The third-order valence-electron chi connectivity index (χ3n) is 4.47. The number of nitrogens with one attached hydrogen (secondary N) is 1. The van der Waals surface area contributed by atoms with E-state index in [1.807, 2.05) is 13.1 Å². The summed E-state index contributed by atoms with van der Waals surface area (Å²) in [5.74, 6) is 0.511. The summed E-state index contributed by atoms with van der Waals surface area (Å²) in [6, 6.07) is 14.0. The number of aryl methyl sites for hydroxylation is 2. The average Bonchev–Trinajstić information content (AvgIpc) is 2.66. The molecular formula is C23H23Cl2N3. The fourth-order valence-corrected chi connectivity index (χ4v) is 3.58. The maximum Gasteiger partial charge on any atom is 0.227 e. The zero-order valence-corrected chi connectivity index (χ0v) is 17.8. The van der Waals surface area contributed by atoms with Crippen LogP contribution in [-0.2, 0) is 6.42 Å². The van der Waals surface area contributed by atoms with Gasteiger partial charge in [-0.15, -0.1) is 0 Å². The quantitative estimate of drug-likeness (QED) is 0.464. The lowest BCUT2D eigenvalue weighted by molar-refractivity contribution is 1.09. The van der Waals surface area contributed by atoms with Crippen molar-refractivity contribution in [1.29, 1.82) is 0 Å². The van der Waals surface area contributed by atoms with E-state index < -0.39 is 0 Å². The molecule has 0 aliphatic rings. The first kappa shape index (κ1) is 20.4. The van der Waals surface area contributed by atoms with Crippen LogP contribution in [0.1, 0.15) is 42.7 Å². The number of rotatable bonds is 6. The highest BCUT2D eigenvalue weighted by Gasteiger charge is 2.11. The first-order valence-corrected chi connectivity index (χ1v) is 10.1. The van der Waals surface area contributed by atoms with Crippen molar-refractivity contribution in [3.05, 3.63) is 87.2 Å². The molecule has 0 saturated carbocycles. The fraction of sp³-hybridized carbons (Fsp3) is 0.217. The number of allylic oxidation sites excluding steroid dienone is 1. The van der Waals surface area contributed by atoms with E-state index in [1.54, 1.807) is 18.2 Å². The third kappa shape index (κ3) is 4.92. The highest BCUT2D eigenvalue weighted by molar-refractivity contribution is 6.35. The van der Waals surface area contributed by atoms with Crippen LogP contribution in [0, 0.1) is 6.92 Å². The van der Waals surface area contributed by atoms with Crippen LogP contribution in [0.25, 0.3) is 5.57 Å². The van der Waals surface area contributed by atoms with E-state index >= 15 is 0 Å². The van der Waals surface area contributed by atoms with Gasteiger partial charge in [0.05, 0.1) is 5.69 Å². The van der Waals surface area contributed by atoms with Crippen molar-refractivity contribution in [2.45, 2.75) is 33.6 Å². The van der Waals surface area contributed by atoms with Crippen LogP contribution >= 0.6 is 23.2 Å². The molecule has 2 aromatic carbocycles. The molecule has 28 heavy (non-hydrogen) atoms. The summed E-state index contributed by atoms with van der Waals surface area (Å²) in [5, 5.41) is 4.29. The minimum Gasteiger partial charge on any atom is -0.324 e. The van der Waals surface area contributed by atoms with Gasteiger partial charge in [-0.05, 0) is 54.7 Å². The lowest BCUT2D eigenvalue weighted by Gasteiger charge is -2.13. The SMILES string of the molecule is CC/C=C(/c1ccc(CC)cc1)c1cnc(Nc2cc(Cl)cc(Cl)c2)nc1C. The summed E-state index contributed by atoms with van der Waals surface area (Å²) in [5.41, 5.74) is 6.34. The molecule has 3 aromatic rings. The van der Waals surface area contributed by atoms with Crippen LogP contribution < -0.4 is 5.32 Å². The summed E-state index contributed by atoms with van der Waals surface area (Å²) in [7, 11) is 0. The fourth-order valence-electron chi connectivity index (χ4n) is 3.05. The molecule has 0 bridgehead atoms.